The molecule has 5 nitrogen and oxygen atoms in total. The van der Waals surface area contributed by atoms with Crippen molar-refractivity contribution in [2.45, 2.75) is 52.0 Å². The standard InChI is InChI=1S/C23H25N3O2/c1-23(2,3)16-9-7-15(8-10-16)21(27)24-17-11-12-19-18(14-17)22(28)26-13-5-4-6-20(26)25-19/h7-12,14H,4-6,13H2,1-3H3,(H,24,27). The van der Waals surface area contributed by atoms with Gasteiger partial charge in [-0.3, -0.25) is 14.2 Å². The van der Waals surface area contributed by atoms with Gasteiger partial charge in [-0.05, 0) is 54.2 Å². The van der Waals surface area contributed by atoms with E-state index in [1.165, 1.54) is 5.56 Å². The number of aryl methyl sites for hydroxylation is 1. The van der Waals surface area contributed by atoms with Crippen LogP contribution in [0.3, 0.4) is 0 Å². The Morgan fingerprint density at radius 3 is 2.54 bits per heavy atom. The van der Waals surface area contributed by atoms with Crippen LogP contribution in [0.15, 0.2) is 47.3 Å². The Balaban J connectivity index is 1.62. The van der Waals surface area contributed by atoms with Gasteiger partial charge in [0.15, 0.2) is 0 Å². The van der Waals surface area contributed by atoms with Crippen molar-refractivity contribution in [2.75, 3.05) is 5.32 Å². The zero-order valence-electron chi connectivity index (χ0n) is 16.6. The summed E-state index contributed by atoms with van der Waals surface area (Å²) < 4.78 is 1.77. The van der Waals surface area contributed by atoms with E-state index >= 15 is 0 Å². The zero-order valence-corrected chi connectivity index (χ0v) is 16.6. The van der Waals surface area contributed by atoms with Gasteiger partial charge < -0.3 is 5.32 Å². The van der Waals surface area contributed by atoms with Gasteiger partial charge in [0.2, 0.25) is 0 Å². The van der Waals surface area contributed by atoms with E-state index in [9.17, 15) is 9.59 Å². The number of nitrogens with zero attached hydrogens (tertiary/aromatic N) is 2. The minimum Gasteiger partial charge on any atom is -0.322 e. The van der Waals surface area contributed by atoms with E-state index in [-0.39, 0.29) is 16.9 Å². The minimum atomic E-state index is -0.189. The smallest absolute Gasteiger partial charge is 0.261 e. The summed E-state index contributed by atoms with van der Waals surface area (Å²) in [7, 11) is 0. The number of carbonyl (C=O) groups is 1. The summed E-state index contributed by atoms with van der Waals surface area (Å²) in [4.78, 5) is 30.1. The van der Waals surface area contributed by atoms with Crippen molar-refractivity contribution in [3.63, 3.8) is 0 Å². The predicted molar refractivity (Wildman–Crippen MR) is 112 cm³/mol. The summed E-state index contributed by atoms with van der Waals surface area (Å²) in [5, 5.41) is 3.45. The molecule has 0 bridgehead atoms. The molecule has 144 valence electrons. The Morgan fingerprint density at radius 2 is 1.82 bits per heavy atom. The van der Waals surface area contributed by atoms with Crippen LogP contribution >= 0.6 is 0 Å². The number of amides is 1. The summed E-state index contributed by atoms with van der Waals surface area (Å²) >= 11 is 0. The molecule has 1 N–H and O–H groups in total. The Labute approximate surface area is 164 Å². The molecule has 0 atom stereocenters. The first-order valence-corrected chi connectivity index (χ1v) is 9.78. The molecular formula is C23H25N3O2. The quantitative estimate of drug-likeness (QED) is 0.727. The number of hydrogen-bond donors (Lipinski definition) is 1. The molecule has 0 saturated heterocycles. The number of rotatable bonds is 2. The van der Waals surface area contributed by atoms with Gasteiger partial charge >= 0.3 is 0 Å². The van der Waals surface area contributed by atoms with Crippen molar-refractivity contribution in [3.05, 3.63) is 69.8 Å². The SMILES string of the molecule is CC(C)(C)c1ccc(C(=O)Nc2ccc3nc4n(c(=O)c3c2)CCCC4)cc1. The highest BCUT2D eigenvalue weighted by Crippen LogP contribution is 2.23. The molecule has 4 rings (SSSR count). The lowest BCUT2D eigenvalue weighted by Gasteiger charge is -2.19. The van der Waals surface area contributed by atoms with E-state index < -0.39 is 0 Å². The molecule has 1 aliphatic rings. The molecule has 0 radical (unpaired) electrons. The molecule has 0 spiro atoms. The average molecular weight is 375 g/mol. The molecule has 1 amide bonds. The highest BCUT2D eigenvalue weighted by atomic mass is 16.1. The van der Waals surface area contributed by atoms with E-state index in [1.54, 1.807) is 16.7 Å². The summed E-state index contributed by atoms with van der Waals surface area (Å²) in [5.74, 6) is 0.672. The maximum atomic E-state index is 12.8. The molecule has 0 aliphatic carbocycles. The molecule has 3 aromatic rings. The van der Waals surface area contributed by atoms with Gasteiger partial charge in [-0.15, -0.1) is 0 Å². The van der Waals surface area contributed by atoms with Crippen LogP contribution in [-0.4, -0.2) is 15.5 Å². The van der Waals surface area contributed by atoms with E-state index in [2.05, 4.69) is 31.1 Å². The van der Waals surface area contributed by atoms with Crippen LogP contribution in [0.25, 0.3) is 10.9 Å². The molecule has 0 fully saturated rings. The highest BCUT2D eigenvalue weighted by molar-refractivity contribution is 6.05. The molecular weight excluding hydrogens is 350 g/mol. The molecule has 2 heterocycles. The molecule has 0 saturated carbocycles. The van der Waals surface area contributed by atoms with Gasteiger partial charge in [-0.25, -0.2) is 4.98 Å². The van der Waals surface area contributed by atoms with Crippen molar-refractivity contribution in [1.29, 1.82) is 0 Å². The summed E-state index contributed by atoms with van der Waals surface area (Å²) in [6.07, 6.45) is 2.91. The summed E-state index contributed by atoms with van der Waals surface area (Å²) in [6.45, 7) is 7.14. The molecule has 2 aromatic carbocycles. The second-order valence-electron chi connectivity index (χ2n) is 8.46. The number of aromatic nitrogens is 2. The second kappa shape index (κ2) is 6.89. The topological polar surface area (TPSA) is 64.0 Å². The van der Waals surface area contributed by atoms with E-state index in [0.29, 0.717) is 28.7 Å². The maximum Gasteiger partial charge on any atom is 0.261 e. The third kappa shape index (κ3) is 3.44. The van der Waals surface area contributed by atoms with E-state index in [0.717, 1.165) is 25.1 Å². The lowest BCUT2D eigenvalue weighted by atomic mass is 9.87. The van der Waals surface area contributed by atoms with Crippen LogP contribution in [0.4, 0.5) is 5.69 Å². The monoisotopic (exact) mass is 375 g/mol. The molecule has 5 heteroatoms. The average Bonchev–Trinajstić information content (AvgIpc) is 2.68. The lowest BCUT2D eigenvalue weighted by molar-refractivity contribution is 0.102. The fourth-order valence-electron chi connectivity index (χ4n) is 3.64. The Kier molecular flexibility index (Phi) is 4.53. The number of carbonyl (C=O) groups excluding carboxylic acids is 1. The predicted octanol–water partition coefficient (Wildman–Crippen LogP) is 4.28. The van der Waals surface area contributed by atoms with Crippen molar-refractivity contribution in [1.82, 2.24) is 9.55 Å². The molecule has 0 unspecified atom stereocenters. The largest absolute Gasteiger partial charge is 0.322 e. The van der Waals surface area contributed by atoms with Gasteiger partial charge in [-0.2, -0.15) is 0 Å². The number of anilines is 1. The van der Waals surface area contributed by atoms with Crippen molar-refractivity contribution < 1.29 is 4.79 Å². The third-order valence-corrected chi connectivity index (χ3v) is 5.34. The van der Waals surface area contributed by atoms with E-state index in [1.807, 2.05) is 30.3 Å². The van der Waals surface area contributed by atoms with Crippen molar-refractivity contribution in [2.24, 2.45) is 0 Å². The highest BCUT2D eigenvalue weighted by Gasteiger charge is 2.16. The van der Waals surface area contributed by atoms with Gasteiger partial charge in [-0.1, -0.05) is 32.9 Å². The molecule has 28 heavy (non-hydrogen) atoms. The Hall–Kier alpha value is -2.95. The number of hydrogen-bond acceptors (Lipinski definition) is 3. The van der Waals surface area contributed by atoms with Crippen LogP contribution in [0.1, 0.15) is 55.4 Å². The number of fused-ring (bicyclic) bond motifs is 2. The normalized spacial score (nSPS) is 14.0. The van der Waals surface area contributed by atoms with Crippen LogP contribution < -0.4 is 10.9 Å². The van der Waals surface area contributed by atoms with Crippen LogP contribution in [0.2, 0.25) is 0 Å². The first kappa shape index (κ1) is 18.4. The second-order valence-corrected chi connectivity index (χ2v) is 8.46. The summed E-state index contributed by atoms with van der Waals surface area (Å²) in [6, 6.07) is 13.0. The van der Waals surface area contributed by atoms with Gasteiger partial charge in [0.05, 0.1) is 10.9 Å². The zero-order chi connectivity index (χ0) is 19.9. The van der Waals surface area contributed by atoms with Crippen LogP contribution in [0.5, 0.6) is 0 Å². The first-order chi connectivity index (χ1) is 13.3. The number of benzene rings is 2. The Bertz CT molecular complexity index is 1110. The fourth-order valence-corrected chi connectivity index (χ4v) is 3.64. The Morgan fingerprint density at radius 1 is 1.07 bits per heavy atom. The van der Waals surface area contributed by atoms with Crippen molar-refractivity contribution >= 4 is 22.5 Å². The van der Waals surface area contributed by atoms with Gasteiger partial charge in [0.25, 0.3) is 11.5 Å². The van der Waals surface area contributed by atoms with Gasteiger partial charge in [0, 0.05) is 24.2 Å². The van der Waals surface area contributed by atoms with E-state index in [4.69, 9.17) is 0 Å². The third-order valence-electron chi connectivity index (χ3n) is 5.34. The number of nitrogens with one attached hydrogen (secondary N) is 1. The van der Waals surface area contributed by atoms with Crippen LogP contribution in [-0.2, 0) is 18.4 Å². The first-order valence-electron chi connectivity index (χ1n) is 9.78. The van der Waals surface area contributed by atoms with Crippen LogP contribution in [0, 0.1) is 0 Å². The van der Waals surface area contributed by atoms with Crippen molar-refractivity contribution in [3.8, 4) is 0 Å². The lowest BCUT2D eigenvalue weighted by Crippen LogP contribution is -2.28. The molecule has 1 aromatic heterocycles. The maximum absolute atomic E-state index is 12.8. The summed E-state index contributed by atoms with van der Waals surface area (Å²) in [5.41, 5.74) is 3.08. The fraction of sp³-hybridized carbons (Fsp3) is 0.348. The molecule has 1 aliphatic heterocycles. The van der Waals surface area contributed by atoms with Gasteiger partial charge in [0.1, 0.15) is 5.82 Å². The minimum absolute atomic E-state index is 0.0228.